The number of para-hydroxylation sites is 1. The first-order valence-electron chi connectivity index (χ1n) is 17.4. The van der Waals surface area contributed by atoms with Crippen molar-refractivity contribution in [2.75, 3.05) is 0 Å². The maximum absolute atomic E-state index is 6.13. The molecule has 2 aromatic heterocycles. The smallest absolute Gasteiger partial charge is 0.160 e. The minimum absolute atomic E-state index is 0.282. The monoisotopic (exact) mass is 652 g/mol. The van der Waals surface area contributed by atoms with Gasteiger partial charge in [0.05, 0.1) is 11.4 Å². The molecule has 1 aliphatic rings. The average molecular weight is 653 g/mol. The van der Waals surface area contributed by atoms with Gasteiger partial charge < -0.3 is 4.42 Å². The highest BCUT2D eigenvalue weighted by atomic mass is 16.3. The van der Waals surface area contributed by atoms with Crippen molar-refractivity contribution in [1.82, 2.24) is 9.97 Å². The summed E-state index contributed by atoms with van der Waals surface area (Å²) >= 11 is 0. The lowest BCUT2D eigenvalue weighted by atomic mass is 9.71. The van der Waals surface area contributed by atoms with E-state index >= 15 is 0 Å². The Bertz CT molecular complexity index is 2710. The lowest BCUT2D eigenvalue weighted by Gasteiger charge is -2.30. The molecule has 240 valence electrons. The van der Waals surface area contributed by atoms with Gasteiger partial charge in [0.15, 0.2) is 5.82 Å². The predicted octanol–water partition coefficient (Wildman–Crippen LogP) is 12.4. The largest absolute Gasteiger partial charge is 0.456 e. The normalized spacial score (nSPS) is 13.0. The Labute approximate surface area is 296 Å². The van der Waals surface area contributed by atoms with Crippen LogP contribution in [-0.4, -0.2) is 9.97 Å². The van der Waals surface area contributed by atoms with Crippen LogP contribution in [0.4, 0.5) is 0 Å². The van der Waals surface area contributed by atoms with Gasteiger partial charge in [-0.1, -0.05) is 146 Å². The molecule has 0 saturated heterocycles. The number of aromatic nitrogens is 2. The van der Waals surface area contributed by atoms with E-state index in [-0.39, 0.29) is 5.41 Å². The van der Waals surface area contributed by atoms with Gasteiger partial charge >= 0.3 is 0 Å². The topological polar surface area (TPSA) is 38.9 Å². The van der Waals surface area contributed by atoms with Crippen LogP contribution in [0.5, 0.6) is 0 Å². The molecule has 3 nitrogen and oxygen atoms in total. The van der Waals surface area contributed by atoms with Crippen LogP contribution >= 0.6 is 0 Å². The van der Waals surface area contributed by atoms with E-state index in [0.29, 0.717) is 5.82 Å². The van der Waals surface area contributed by atoms with E-state index < -0.39 is 0 Å². The molecule has 0 fully saturated rings. The van der Waals surface area contributed by atoms with Gasteiger partial charge in [-0.3, -0.25) is 0 Å². The van der Waals surface area contributed by atoms with Crippen molar-refractivity contribution < 1.29 is 4.42 Å². The molecular weight excluding hydrogens is 621 g/mol. The highest BCUT2D eigenvalue weighted by Crippen LogP contribution is 2.54. The van der Waals surface area contributed by atoms with Crippen molar-refractivity contribution in [2.24, 2.45) is 0 Å². The summed E-state index contributed by atoms with van der Waals surface area (Å²) in [6.07, 6.45) is 0. The molecule has 0 radical (unpaired) electrons. The maximum atomic E-state index is 6.13. The lowest BCUT2D eigenvalue weighted by molar-refractivity contribution is 0.669. The Morgan fingerprint density at radius 1 is 0.392 bits per heavy atom. The molecule has 51 heavy (non-hydrogen) atoms. The highest BCUT2D eigenvalue weighted by Gasteiger charge is 2.41. The quantitative estimate of drug-likeness (QED) is 0.186. The summed E-state index contributed by atoms with van der Waals surface area (Å²) in [5, 5.41) is 2.18. The van der Waals surface area contributed by atoms with Gasteiger partial charge in [0, 0.05) is 32.9 Å². The van der Waals surface area contributed by atoms with Crippen LogP contribution in [0, 0.1) is 0 Å². The van der Waals surface area contributed by atoms with Crippen molar-refractivity contribution >= 4 is 21.9 Å². The molecule has 1 aliphatic carbocycles. The second-order valence-corrected chi connectivity index (χ2v) is 13.5. The van der Waals surface area contributed by atoms with Crippen molar-refractivity contribution in [3.05, 3.63) is 193 Å². The summed E-state index contributed by atoms with van der Waals surface area (Å²) in [7, 11) is 0. The number of fused-ring (bicyclic) bond motifs is 6. The third-order valence-electron chi connectivity index (χ3n) is 10.6. The fourth-order valence-corrected chi connectivity index (χ4v) is 8.08. The molecule has 2 heterocycles. The standard InChI is InChI=1S/C48H32N2O/c1-48(41-20-10-6-16-36(41)37-17-7-11-21-42(37)48)40-19-9-5-15-35(40)31-23-25-32(26-24-31)43-30-44(50-47(49-43)33-13-3-2-4-14-33)34-27-28-46-39(29-34)38-18-8-12-22-45(38)51-46/h2-30H,1H3. The van der Waals surface area contributed by atoms with Crippen LogP contribution in [0.15, 0.2) is 180 Å². The third kappa shape index (κ3) is 4.66. The number of hydrogen-bond donors (Lipinski definition) is 0. The van der Waals surface area contributed by atoms with Crippen LogP contribution in [-0.2, 0) is 5.41 Å². The van der Waals surface area contributed by atoms with Gasteiger partial charge in [-0.05, 0) is 76.2 Å². The van der Waals surface area contributed by atoms with Crippen LogP contribution in [0.1, 0.15) is 23.6 Å². The zero-order chi connectivity index (χ0) is 33.9. The van der Waals surface area contributed by atoms with Crippen LogP contribution in [0.25, 0.3) is 78.1 Å². The molecule has 0 atom stereocenters. The number of nitrogens with zero attached hydrogens (tertiary/aromatic N) is 2. The molecule has 7 aromatic carbocycles. The van der Waals surface area contributed by atoms with E-state index in [2.05, 4.69) is 140 Å². The summed E-state index contributed by atoms with van der Waals surface area (Å²) in [6.45, 7) is 2.38. The molecular formula is C48H32N2O. The SMILES string of the molecule is CC1(c2ccccc2-c2ccc(-c3cc(-c4ccc5oc6ccccc6c5c4)nc(-c4ccccc4)n3)cc2)c2ccccc2-c2ccccc21. The molecule has 0 bridgehead atoms. The zero-order valence-electron chi connectivity index (χ0n) is 28.0. The van der Waals surface area contributed by atoms with E-state index in [9.17, 15) is 0 Å². The average Bonchev–Trinajstić information content (AvgIpc) is 3.71. The molecule has 0 spiro atoms. The minimum Gasteiger partial charge on any atom is -0.456 e. The van der Waals surface area contributed by atoms with Crippen LogP contribution in [0.2, 0.25) is 0 Å². The van der Waals surface area contributed by atoms with Crippen molar-refractivity contribution in [2.45, 2.75) is 12.3 Å². The van der Waals surface area contributed by atoms with Crippen LogP contribution in [0.3, 0.4) is 0 Å². The summed E-state index contributed by atoms with van der Waals surface area (Å²) < 4.78 is 6.13. The summed E-state index contributed by atoms with van der Waals surface area (Å²) in [5.74, 6) is 0.696. The number of rotatable bonds is 5. The fourth-order valence-electron chi connectivity index (χ4n) is 8.08. The summed E-state index contributed by atoms with van der Waals surface area (Å²) in [4.78, 5) is 10.2. The second-order valence-electron chi connectivity index (χ2n) is 13.5. The number of hydrogen-bond acceptors (Lipinski definition) is 3. The van der Waals surface area contributed by atoms with Gasteiger partial charge in [-0.25, -0.2) is 9.97 Å². The molecule has 10 rings (SSSR count). The Kier molecular flexibility index (Phi) is 6.62. The van der Waals surface area contributed by atoms with Crippen molar-refractivity contribution in [1.29, 1.82) is 0 Å². The van der Waals surface area contributed by atoms with Gasteiger partial charge in [-0.15, -0.1) is 0 Å². The van der Waals surface area contributed by atoms with E-state index in [1.807, 2.05) is 42.5 Å². The first kappa shape index (κ1) is 29.3. The predicted molar refractivity (Wildman–Crippen MR) is 208 cm³/mol. The molecule has 0 N–H and O–H groups in total. The number of furan rings is 1. The molecule has 0 unspecified atom stereocenters. The molecule has 3 heteroatoms. The molecule has 0 amide bonds. The Balaban J connectivity index is 1.08. The second kappa shape index (κ2) is 11.5. The maximum Gasteiger partial charge on any atom is 0.160 e. The summed E-state index contributed by atoms with van der Waals surface area (Å²) in [5.41, 5.74) is 15.3. The van der Waals surface area contributed by atoms with E-state index in [0.717, 1.165) is 50.0 Å². The van der Waals surface area contributed by atoms with Crippen molar-refractivity contribution in [3.63, 3.8) is 0 Å². The fraction of sp³-hybridized carbons (Fsp3) is 0.0417. The van der Waals surface area contributed by atoms with Crippen molar-refractivity contribution in [3.8, 4) is 56.2 Å². The van der Waals surface area contributed by atoms with Gasteiger partial charge in [0.25, 0.3) is 0 Å². The first-order chi connectivity index (χ1) is 25.1. The lowest BCUT2D eigenvalue weighted by Crippen LogP contribution is -2.23. The van der Waals surface area contributed by atoms with Crippen LogP contribution < -0.4 is 0 Å². The Morgan fingerprint density at radius 2 is 0.902 bits per heavy atom. The molecule has 0 saturated carbocycles. The minimum atomic E-state index is -0.282. The Morgan fingerprint density at radius 3 is 1.61 bits per heavy atom. The summed E-state index contributed by atoms with van der Waals surface area (Å²) in [6, 6.07) is 62.2. The molecule has 9 aromatic rings. The Hall–Kier alpha value is -6.58. The van der Waals surface area contributed by atoms with E-state index in [1.54, 1.807) is 0 Å². The third-order valence-corrected chi connectivity index (χ3v) is 10.6. The molecule has 0 aliphatic heterocycles. The van der Waals surface area contributed by atoms with Gasteiger partial charge in [-0.2, -0.15) is 0 Å². The van der Waals surface area contributed by atoms with E-state index in [1.165, 1.54) is 38.9 Å². The van der Waals surface area contributed by atoms with E-state index in [4.69, 9.17) is 14.4 Å². The van der Waals surface area contributed by atoms with Gasteiger partial charge in [0.1, 0.15) is 11.2 Å². The highest BCUT2D eigenvalue weighted by molar-refractivity contribution is 6.06. The zero-order valence-corrected chi connectivity index (χ0v) is 28.0. The van der Waals surface area contributed by atoms with Gasteiger partial charge in [0.2, 0.25) is 0 Å². The number of benzene rings is 7. The first-order valence-corrected chi connectivity index (χ1v) is 17.4.